The summed E-state index contributed by atoms with van der Waals surface area (Å²) in [4.78, 5) is 18.1. The van der Waals surface area contributed by atoms with Crippen molar-refractivity contribution in [3.8, 4) is 0 Å². The maximum atomic E-state index is 11.8. The number of benzene rings is 1. The SMILES string of the molecule is CCCCC(CC)CNC(=NCc1ccccc1)NCC(=O)N(C)C. The molecule has 0 saturated heterocycles. The van der Waals surface area contributed by atoms with Gasteiger partial charge in [0.15, 0.2) is 5.96 Å². The third-order valence-electron chi connectivity index (χ3n) is 4.27. The molecule has 1 aromatic rings. The van der Waals surface area contributed by atoms with E-state index in [1.54, 1.807) is 19.0 Å². The van der Waals surface area contributed by atoms with Crippen LogP contribution in [0.2, 0.25) is 0 Å². The number of unbranched alkanes of at least 4 members (excludes halogenated alkanes) is 1. The van der Waals surface area contributed by atoms with E-state index >= 15 is 0 Å². The van der Waals surface area contributed by atoms with Crippen molar-refractivity contribution in [1.29, 1.82) is 0 Å². The molecule has 1 aromatic carbocycles. The average Bonchev–Trinajstić information content (AvgIpc) is 2.63. The van der Waals surface area contributed by atoms with Gasteiger partial charge in [-0.1, -0.05) is 63.4 Å². The van der Waals surface area contributed by atoms with Crippen molar-refractivity contribution in [2.75, 3.05) is 27.2 Å². The lowest BCUT2D eigenvalue weighted by molar-refractivity contribution is -0.127. The first kappa shape index (κ1) is 21.0. The Balaban J connectivity index is 2.64. The van der Waals surface area contributed by atoms with Gasteiger partial charge in [0, 0.05) is 20.6 Å². The zero-order valence-corrected chi connectivity index (χ0v) is 16.2. The Kier molecular flexibility index (Phi) is 10.4. The summed E-state index contributed by atoms with van der Waals surface area (Å²) in [5.74, 6) is 1.37. The molecular formula is C20H34N4O. The number of hydrogen-bond donors (Lipinski definition) is 2. The number of aliphatic imine (C=N–C) groups is 1. The summed E-state index contributed by atoms with van der Waals surface area (Å²) in [5, 5.41) is 6.57. The lowest BCUT2D eigenvalue weighted by Crippen LogP contribution is -2.44. The summed E-state index contributed by atoms with van der Waals surface area (Å²) in [6.07, 6.45) is 4.85. The van der Waals surface area contributed by atoms with E-state index in [1.807, 2.05) is 18.2 Å². The molecule has 2 N–H and O–H groups in total. The lowest BCUT2D eigenvalue weighted by atomic mass is 9.99. The third kappa shape index (κ3) is 9.13. The van der Waals surface area contributed by atoms with Gasteiger partial charge in [0.25, 0.3) is 0 Å². The zero-order valence-electron chi connectivity index (χ0n) is 16.2. The first-order valence-corrected chi connectivity index (χ1v) is 9.33. The lowest BCUT2D eigenvalue weighted by Gasteiger charge is -2.19. The molecule has 0 aliphatic carbocycles. The Labute approximate surface area is 152 Å². The predicted molar refractivity (Wildman–Crippen MR) is 106 cm³/mol. The molecule has 5 heteroatoms. The van der Waals surface area contributed by atoms with Crippen LogP contribution >= 0.6 is 0 Å². The van der Waals surface area contributed by atoms with Crippen LogP contribution < -0.4 is 10.6 Å². The molecule has 0 spiro atoms. The molecule has 1 unspecified atom stereocenters. The summed E-state index contributed by atoms with van der Waals surface area (Å²) < 4.78 is 0. The van der Waals surface area contributed by atoms with Crippen molar-refractivity contribution in [2.24, 2.45) is 10.9 Å². The number of amides is 1. The highest BCUT2D eigenvalue weighted by Crippen LogP contribution is 2.11. The van der Waals surface area contributed by atoms with Crippen LogP contribution in [0.5, 0.6) is 0 Å². The van der Waals surface area contributed by atoms with Crippen molar-refractivity contribution in [3.05, 3.63) is 35.9 Å². The van der Waals surface area contributed by atoms with Crippen LogP contribution in [0.15, 0.2) is 35.3 Å². The molecule has 1 rings (SSSR count). The van der Waals surface area contributed by atoms with Gasteiger partial charge in [-0.25, -0.2) is 4.99 Å². The second-order valence-electron chi connectivity index (χ2n) is 6.59. The summed E-state index contributed by atoms with van der Waals surface area (Å²) in [7, 11) is 3.52. The molecule has 25 heavy (non-hydrogen) atoms. The van der Waals surface area contributed by atoms with Crippen LogP contribution in [-0.2, 0) is 11.3 Å². The van der Waals surface area contributed by atoms with Crippen LogP contribution in [-0.4, -0.2) is 44.0 Å². The Morgan fingerprint density at radius 1 is 1.16 bits per heavy atom. The van der Waals surface area contributed by atoms with Gasteiger partial charge >= 0.3 is 0 Å². The fourth-order valence-electron chi connectivity index (χ4n) is 2.43. The van der Waals surface area contributed by atoms with Gasteiger partial charge in [-0.2, -0.15) is 0 Å². The number of hydrogen-bond acceptors (Lipinski definition) is 2. The summed E-state index contributed by atoms with van der Waals surface area (Å²) in [5.41, 5.74) is 1.15. The molecular weight excluding hydrogens is 312 g/mol. The largest absolute Gasteiger partial charge is 0.356 e. The fraction of sp³-hybridized carbons (Fsp3) is 0.600. The van der Waals surface area contributed by atoms with Crippen LogP contribution in [0.25, 0.3) is 0 Å². The van der Waals surface area contributed by atoms with Gasteiger partial charge in [0.05, 0.1) is 13.1 Å². The van der Waals surface area contributed by atoms with E-state index in [0.717, 1.165) is 18.5 Å². The molecule has 140 valence electrons. The normalized spacial score (nSPS) is 12.6. The molecule has 0 aliphatic rings. The number of carbonyl (C=O) groups is 1. The van der Waals surface area contributed by atoms with E-state index in [0.29, 0.717) is 18.4 Å². The Morgan fingerprint density at radius 3 is 2.48 bits per heavy atom. The van der Waals surface area contributed by atoms with E-state index in [9.17, 15) is 4.79 Å². The Morgan fingerprint density at radius 2 is 1.88 bits per heavy atom. The van der Waals surface area contributed by atoms with Crippen LogP contribution in [0.3, 0.4) is 0 Å². The summed E-state index contributed by atoms with van der Waals surface area (Å²) in [6, 6.07) is 10.1. The number of nitrogens with zero attached hydrogens (tertiary/aromatic N) is 2. The molecule has 1 atom stereocenters. The van der Waals surface area contributed by atoms with E-state index in [-0.39, 0.29) is 12.5 Å². The smallest absolute Gasteiger partial charge is 0.241 e. The number of guanidine groups is 1. The third-order valence-corrected chi connectivity index (χ3v) is 4.27. The number of rotatable bonds is 10. The second kappa shape index (κ2) is 12.3. The van der Waals surface area contributed by atoms with E-state index in [1.165, 1.54) is 19.3 Å². The van der Waals surface area contributed by atoms with Gasteiger partial charge < -0.3 is 15.5 Å². The molecule has 0 aromatic heterocycles. The maximum absolute atomic E-state index is 11.8. The first-order chi connectivity index (χ1) is 12.1. The van der Waals surface area contributed by atoms with Gasteiger partial charge in [0.1, 0.15) is 0 Å². The molecule has 1 amide bonds. The topological polar surface area (TPSA) is 56.7 Å². The minimum absolute atomic E-state index is 0.0345. The van der Waals surface area contributed by atoms with Crippen LogP contribution in [0.1, 0.15) is 45.1 Å². The maximum Gasteiger partial charge on any atom is 0.241 e. The van der Waals surface area contributed by atoms with Crippen molar-refractivity contribution < 1.29 is 4.79 Å². The Bertz CT molecular complexity index is 514. The zero-order chi connectivity index (χ0) is 18.5. The minimum Gasteiger partial charge on any atom is -0.356 e. The molecule has 0 radical (unpaired) electrons. The van der Waals surface area contributed by atoms with Crippen molar-refractivity contribution in [1.82, 2.24) is 15.5 Å². The molecule has 0 aliphatic heterocycles. The highest BCUT2D eigenvalue weighted by Gasteiger charge is 2.09. The first-order valence-electron chi connectivity index (χ1n) is 9.33. The van der Waals surface area contributed by atoms with Gasteiger partial charge in [-0.05, 0) is 17.9 Å². The van der Waals surface area contributed by atoms with Crippen molar-refractivity contribution >= 4 is 11.9 Å². The van der Waals surface area contributed by atoms with Crippen molar-refractivity contribution in [2.45, 2.75) is 46.1 Å². The number of nitrogens with one attached hydrogen (secondary N) is 2. The van der Waals surface area contributed by atoms with Gasteiger partial charge in [0.2, 0.25) is 5.91 Å². The number of likely N-dealkylation sites (N-methyl/N-ethyl adjacent to an activating group) is 1. The summed E-state index contributed by atoms with van der Waals surface area (Å²) in [6.45, 7) is 6.18. The van der Waals surface area contributed by atoms with Gasteiger partial charge in [-0.15, -0.1) is 0 Å². The highest BCUT2D eigenvalue weighted by atomic mass is 16.2. The van der Waals surface area contributed by atoms with E-state index in [2.05, 4.69) is 41.6 Å². The summed E-state index contributed by atoms with van der Waals surface area (Å²) >= 11 is 0. The van der Waals surface area contributed by atoms with Crippen molar-refractivity contribution in [3.63, 3.8) is 0 Å². The van der Waals surface area contributed by atoms with Crippen LogP contribution in [0.4, 0.5) is 0 Å². The van der Waals surface area contributed by atoms with Crippen LogP contribution in [0, 0.1) is 5.92 Å². The fourth-order valence-corrected chi connectivity index (χ4v) is 2.43. The predicted octanol–water partition coefficient (Wildman–Crippen LogP) is 3.03. The quantitative estimate of drug-likeness (QED) is 0.506. The Hall–Kier alpha value is -2.04. The molecule has 0 bridgehead atoms. The second-order valence-corrected chi connectivity index (χ2v) is 6.59. The molecule has 0 fully saturated rings. The van der Waals surface area contributed by atoms with Gasteiger partial charge in [-0.3, -0.25) is 4.79 Å². The monoisotopic (exact) mass is 346 g/mol. The average molecular weight is 347 g/mol. The van der Waals surface area contributed by atoms with E-state index in [4.69, 9.17) is 0 Å². The minimum atomic E-state index is 0.0345. The number of carbonyl (C=O) groups excluding carboxylic acids is 1. The molecule has 0 heterocycles. The highest BCUT2D eigenvalue weighted by molar-refractivity contribution is 5.86. The van der Waals surface area contributed by atoms with E-state index < -0.39 is 0 Å². The molecule has 5 nitrogen and oxygen atoms in total. The molecule has 0 saturated carbocycles. The standard InChI is InChI=1S/C20H34N4O/c1-5-7-11-17(6-2)14-21-20(23-16-19(25)24(3)4)22-15-18-12-9-8-10-13-18/h8-10,12-13,17H,5-7,11,14-16H2,1-4H3,(H2,21,22,23).